The maximum Gasteiger partial charge on any atom is 0.142 e. The van der Waals surface area contributed by atoms with Crippen LogP contribution in [0.3, 0.4) is 0 Å². The van der Waals surface area contributed by atoms with Crippen molar-refractivity contribution < 1.29 is 0 Å². The second-order valence-electron chi connectivity index (χ2n) is 4.58. The molecule has 2 N–H and O–H groups in total. The molecule has 0 fully saturated rings. The molecule has 0 saturated carbocycles. The van der Waals surface area contributed by atoms with E-state index in [1.807, 2.05) is 36.4 Å². The summed E-state index contributed by atoms with van der Waals surface area (Å²) < 4.78 is 0. The van der Waals surface area contributed by atoms with E-state index in [0.29, 0.717) is 0 Å². The molecule has 2 aromatic heterocycles. The largest absolute Gasteiger partial charge is 0.324 e. The van der Waals surface area contributed by atoms with E-state index < -0.39 is 0 Å². The quantitative estimate of drug-likeness (QED) is 0.797. The normalized spacial score (nSPS) is 12.2. The Labute approximate surface area is 122 Å². The molecule has 3 aromatic rings. The standard InChI is InChI=1S/C16H15N3S/c17-14(12-6-2-1-3-7-12)10-13-11-20-16(19-13)15-8-4-5-9-18-15/h1-9,11,14H,10,17H2. The third-order valence-electron chi connectivity index (χ3n) is 3.09. The van der Waals surface area contributed by atoms with Gasteiger partial charge in [0.1, 0.15) is 5.01 Å². The van der Waals surface area contributed by atoms with Crippen molar-refractivity contribution in [3.8, 4) is 10.7 Å². The van der Waals surface area contributed by atoms with E-state index in [4.69, 9.17) is 5.73 Å². The zero-order chi connectivity index (χ0) is 13.8. The highest BCUT2D eigenvalue weighted by Gasteiger charge is 2.10. The Morgan fingerprint density at radius 1 is 1.05 bits per heavy atom. The molecule has 2 heterocycles. The van der Waals surface area contributed by atoms with Crippen molar-refractivity contribution in [2.45, 2.75) is 12.5 Å². The van der Waals surface area contributed by atoms with Crippen molar-refractivity contribution in [1.82, 2.24) is 9.97 Å². The lowest BCUT2D eigenvalue weighted by Crippen LogP contribution is -2.13. The lowest BCUT2D eigenvalue weighted by molar-refractivity contribution is 0.710. The smallest absolute Gasteiger partial charge is 0.142 e. The van der Waals surface area contributed by atoms with Crippen LogP contribution >= 0.6 is 11.3 Å². The summed E-state index contributed by atoms with van der Waals surface area (Å²) in [5.41, 5.74) is 9.30. The van der Waals surface area contributed by atoms with Crippen molar-refractivity contribution in [2.24, 2.45) is 5.73 Å². The molecule has 0 aliphatic carbocycles. The van der Waals surface area contributed by atoms with Gasteiger partial charge in [0.25, 0.3) is 0 Å². The lowest BCUT2D eigenvalue weighted by atomic mass is 10.0. The summed E-state index contributed by atoms with van der Waals surface area (Å²) >= 11 is 1.61. The monoisotopic (exact) mass is 281 g/mol. The Morgan fingerprint density at radius 3 is 2.60 bits per heavy atom. The molecule has 1 unspecified atom stereocenters. The minimum atomic E-state index is -0.0186. The molecular weight excluding hydrogens is 266 g/mol. The van der Waals surface area contributed by atoms with Crippen LogP contribution in [0.1, 0.15) is 17.3 Å². The number of hydrogen-bond acceptors (Lipinski definition) is 4. The van der Waals surface area contributed by atoms with E-state index in [0.717, 1.165) is 28.4 Å². The first-order chi connectivity index (χ1) is 9.83. The van der Waals surface area contributed by atoms with Crippen molar-refractivity contribution >= 4 is 11.3 Å². The number of nitrogens with two attached hydrogens (primary N) is 1. The second kappa shape index (κ2) is 5.94. The van der Waals surface area contributed by atoms with Crippen LogP contribution in [-0.2, 0) is 6.42 Å². The molecule has 0 aliphatic heterocycles. The molecule has 3 nitrogen and oxygen atoms in total. The van der Waals surface area contributed by atoms with Crippen LogP contribution in [0.15, 0.2) is 60.1 Å². The Bertz CT molecular complexity index is 664. The maximum atomic E-state index is 6.22. The predicted molar refractivity (Wildman–Crippen MR) is 82.4 cm³/mol. The van der Waals surface area contributed by atoms with Crippen LogP contribution in [0, 0.1) is 0 Å². The predicted octanol–water partition coefficient (Wildman–Crippen LogP) is 3.45. The Morgan fingerprint density at radius 2 is 1.85 bits per heavy atom. The minimum Gasteiger partial charge on any atom is -0.324 e. The van der Waals surface area contributed by atoms with Crippen molar-refractivity contribution in [3.63, 3.8) is 0 Å². The molecule has 4 heteroatoms. The average Bonchev–Trinajstić information content (AvgIpc) is 2.97. The van der Waals surface area contributed by atoms with Crippen LogP contribution in [0.2, 0.25) is 0 Å². The molecule has 0 amide bonds. The molecule has 0 bridgehead atoms. The van der Waals surface area contributed by atoms with E-state index in [1.54, 1.807) is 17.5 Å². The number of pyridine rings is 1. The van der Waals surface area contributed by atoms with Crippen molar-refractivity contribution in [3.05, 3.63) is 71.4 Å². The van der Waals surface area contributed by atoms with Gasteiger partial charge in [-0.05, 0) is 17.7 Å². The highest BCUT2D eigenvalue weighted by atomic mass is 32.1. The van der Waals surface area contributed by atoms with Gasteiger partial charge >= 0.3 is 0 Å². The Hall–Kier alpha value is -2.04. The van der Waals surface area contributed by atoms with Gasteiger partial charge in [-0.3, -0.25) is 4.98 Å². The zero-order valence-corrected chi connectivity index (χ0v) is 11.8. The average molecular weight is 281 g/mol. The fourth-order valence-electron chi connectivity index (χ4n) is 2.05. The van der Waals surface area contributed by atoms with E-state index in [-0.39, 0.29) is 6.04 Å². The molecule has 3 rings (SSSR count). The molecule has 0 saturated heterocycles. The fraction of sp³-hybridized carbons (Fsp3) is 0.125. The third-order valence-corrected chi connectivity index (χ3v) is 4.01. The van der Waals surface area contributed by atoms with Crippen LogP contribution < -0.4 is 5.73 Å². The van der Waals surface area contributed by atoms with Gasteiger partial charge in [-0.25, -0.2) is 4.98 Å². The minimum absolute atomic E-state index is 0.0186. The number of rotatable bonds is 4. The van der Waals surface area contributed by atoms with Gasteiger partial charge in [0.15, 0.2) is 0 Å². The lowest BCUT2D eigenvalue weighted by Gasteiger charge is -2.09. The number of aromatic nitrogens is 2. The third kappa shape index (κ3) is 2.92. The van der Waals surface area contributed by atoms with Gasteiger partial charge in [-0.2, -0.15) is 0 Å². The summed E-state index contributed by atoms with van der Waals surface area (Å²) in [6.45, 7) is 0. The Balaban J connectivity index is 1.75. The van der Waals surface area contributed by atoms with Gasteiger partial charge in [0.2, 0.25) is 0 Å². The molecule has 0 spiro atoms. The van der Waals surface area contributed by atoms with Gasteiger partial charge in [-0.1, -0.05) is 36.4 Å². The van der Waals surface area contributed by atoms with Gasteiger partial charge in [-0.15, -0.1) is 11.3 Å². The summed E-state index contributed by atoms with van der Waals surface area (Å²) in [7, 11) is 0. The van der Waals surface area contributed by atoms with E-state index in [1.165, 1.54) is 0 Å². The first-order valence-corrected chi connectivity index (χ1v) is 7.37. The maximum absolute atomic E-state index is 6.22. The Kier molecular flexibility index (Phi) is 3.85. The van der Waals surface area contributed by atoms with Crippen LogP contribution in [0.4, 0.5) is 0 Å². The number of hydrogen-bond donors (Lipinski definition) is 1. The summed E-state index contributed by atoms with van der Waals surface area (Å²) in [4.78, 5) is 8.94. The SMILES string of the molecule is NC(Cc1csc(-c2ccccn2)n1)c1ccccc1. The van der Waals surface area contributed by atoms with Crippen molar-refractivity contribution in [2.75, 3.05) is 0 Å². The summed E-state index contributed by atoms with van der Waals surface area (Å²) in [5.74, 6) is 0. The van der Waals surface area contributed by atoms with E-state index in [9.17, 15) is 0 Å². The first kappa shape index (κ1) is 13.0. The van der Waals surface area contributed by atoms with Gasteiger partial charge < -0.3 is 5.73 Å². The van der Waals surface area contributed by atoms with Crippen LogP contribution in [0.25, 0.3) is 10.7 Å². The molecule has 100 valence electrons. The fourth-order valence-corrected chi connectivity index (χ4v) is 2.86. The van der Waals surface area contributed by atoms with Crippen molar-refractivity contribution in [1.29, 1.82) is 0 Å². The second-order valence-corrected chi connectivity index (χ2v) is 5.44. The summed E-state index contributed by atoms with van der Waals surface area (Å²) in [6.07, 6.45) is 2.53. The topological polar surface area (TPSA) is 51.8 Å². The highest BCUT2D eigenvalue weighted by molar-refractivity contribution is 7.13. The number of thiazole rings is 1. The number of benzene rings is 1. The molecule has 0 aliphatic rings. The van der Waals surface area contributed by atoms with Crippen LogP contribution in [-0.4, -0.2) is 9.97 Å². The first-order valence-electron chi connectivity index (χ1n) is 6.49. The van der Waals surface area contributed by atoms with E-state index >= 15 is 0 Å². The van der Waals surface area contributed by atoms with Gasteiger partial charge in [0.05, 0.1) is 11.4 Å². The summed E-state index contributed by atoms with van der Waals surface area (Å²) in [5, 5.41) is 3.01. The highest BCUT2D eigenvalue weighted by Crippen LogP contribution is 2.23. The van der Waals surface area contributed by atoms with Gasteiger partial charge in [0, 0.05) is 24.0 Å². The molecule has 0 radical (unpaired) electrons. The molecule has 20 heavy (non-hydrogen) atoms. The molecular formula is C16H15N3S. The molecule has 1 atom stereocenters. The molecule has 1 aromatic carbocycles. The zero-order valence-electron chi connectivity index (χ0n) is 10.9. The summed E-state index contributed by atoms with van der Waals surface area (Å²) in [6, 6.07) is 16.0. The van der Waals surface area contributed by atoms with Crippen LogP contribution in [0.5, 0.6) is 0 Å². The van der Waals surface area contributed by atoms with E-state index in [2.05, 4.69) is 27.5 Å². The number of nitrogens with zero attached hydrogens (tertiary/aromatic N) is 2.